The third-order valence-electron chi connectivity index (χ3n) is 8.87. The first-order valence-corrected chi connectivity index (χ1v) is 14.0. The van der Waals surface area contributed by atoms with E-state index in [1.54, 1.807) is 0 Å². The molecular formula is C33H34N2O5. The summed E-state index contributed by atoms with van der Waals surface area (Å²) in [6.07, 6.45) is 4.44. The van der Waals surface area contributed by atoms with Crippen molar-refractivity contribution in [2.45, 2.75) is 68.4 Å². The molecule has 0 radical (unpaired) electrons. The van der Waals surface area contributed by atoms with Gasteiger partial charge in [0.1, 0.15) is 11.1 Å². The number of carbonyl (C=O) groups excluding carboxylic acids is 2. The summed E-state index contributed by atoms with van der Waals surface area (Å²) in [5.41, 5.74) is 11.1. The van der Waals surface area contributed by atoms with E-state index < -0.39 is 23.0 Å². The summed E-state index contributed by atoms with van der Waals surface area (Å²) in [5.74, 6) is -1.99. The largest absolute Gasteiger partial charge is 0.479 e. The molecule has 3 aliphatic carbocycles. The number of benzene rings is 3. The van der Waals surface area contributed by atoms with E-state index in [4.69, 9.17) is 10.5 Å². The van der Waals surface area contributed by atoms with Crippen LogP contribution in [-0.2, 0) is 57.6 Å². The van der Waals surface area contributed by atoms with Crippen LogP contribution in [0.1, 0.15) is 57.7 Å². The fourth-order valence-corrected chi connectivity index (χ4v) is 6.72. The number of carboxylic acid groups (broad SMARTS) is 1. The Balaban J connectivity index is 1.09. The quantitative estimate of drug-likeness (QED) is 0.397. The van der Waals surface area contributed by atoms with Crippen LogP contribution in [0, 0.1) is 0 Å². The number of esters is 1. The smallest absolute Gasteiger partial charge is 0.330 e. The fourth-order valence-electron chi connectivity index (χ4n) is 6.72. The Morgan fingerprint density at radius 1 is 0.875 bits per heavy atom. The second-order valence-electron chi connectivity index (χ2n) is 11.6. The first-order valence-electron chi connectivity index (χ1n) is 14.0. The van der Waals surface area contributed by atoms with Crippen molar-refractivity contribution in [3.63, 3.8) is 0 Å². The van der Waals surface area contributed by atoms with Gasteiger partial charge in [-0.3, -0.25) is 9.59 Å². The minimum atomic E-state index is -1.37. The lowest BCUT2D eigenvalue weighted by molar-refractivity contribution is -0.149. The molecule has 4 N–H and O–H groups in total. The Bertz CT molecular complexity index is 1470. The number of ether oxygens (including phenoxy) is 1. The van der Waals surface area contributed by atoms with E-state index in [1.807, 2.05) is 66.7 Å². The molecule has 0 saturated heterocycles. The highest BCUT2D eigenvalue weighted by Gasteiger charge is 2.47. The summed E-state index contributed by atoms with van der Waals surface area (Å²) in [4.78, 5) is 38.8. The maximum absolute atomic E-state index is 13.4. The predicted octanol–water partition coefficient (Wildman–Crippen LogP) is 3.43. The van der Waals surface area contributed by atoms with Crippen LogP contribution >= 0.6 is 0 Å². The highest BCUT2D eigenvalue weighted by molar-refractivity contribution is 5.92. The second-order valence-corrected chi connectivity index (χ2v) is 11.6. The van der Waals surface area contributed by atoms with Crippen LogP contribution in [0.25, 0.3) is 0 Å². The molecule has 3 aromatic carbocycles. The highest BCUT2D eigenvalue weighted by Crippen LogP contribution is 2.36. The molecule has 3 aromatic rings. The number of carbonyl (C=O) groups is 3. The molecule has 2 atom stereocenters. The van der Waals surface area contributed by atoms with E-state index in [9.17, 15) is 19.5 Å². The molecule has 3 aliphatic rings. The monoisotopic (exact) mass is 538 g/mol. The molecular weight excluding hydrogens is 504 g/mol. The van der Waals surface area contributed by atoms with Crippen molar-refractivity contribution < 1.29 is 24.2 Å². The van der Waals surface area contributed by atoms with Crippen LogP contribution in [0.2, 0.25) is 0 Å². The zero-order valence-corrected chi connectivity index (χ0v) is 22.4. The molecule has 0 aromatic heterocycles. The summed E-state index contributed by atoms with van der Waals surface area (Å²) in [7, 11) is 0. The average molecular weight is 539 g/mol. The zero-order valence-electron chi connectivity index (χ0n) is 22.4. The van der Waals surface area contributed by atoms with Gasteiger partial charge < -0.3 is 20.9 Å². The molecule has 0 bridgehead atoms. The molecule has 0 heterocycles. The third kappa shape index (κ3) is 4.79. The third-order valence-corrected chi connectivity index (χ3v) is 8.87. The molecule has 6 rings (SSSR count). The minimum absolute atomic E-state index is 0.189. The van der Waals surface area contributed by atoms with Gasteiger partial charge in [0.05, 0.1) is 12.5 Å². The van der Waals surface area contributed by atoms with Gasteiger partial charge in [-0.25, -0.2) is 4.79 Å². The number of aliphatic carboxylic acids is 1. The SMILES string of the molecule is NC1(C(=O)OCCc2ccc3c(c2)CC(NC(=O)[C@H]2CCCc4ccccc42)(C(=O)O)C3)Cc2ccccc2C1. The van der Waals surface area contributed by atoms with Crippen LogP contribution in [-0.4, -0.2) is 40.6 Å². The molecule has 1 amide bonds. The second kappa shape index (κ2) is 10.2. The number of fused-ring (bicyclic) bond motifs is 3. The standard InChI is InChI=1S/C33H34N2O5/c34-32(17-23-7-1-2-8-24(23)18-32)31(39)40-15-14-21-12-13-25-19-33(30(37)38,20-26(25)16-21)35-29(36)28-11-5-9-22-6-3-4-10-27(22)28/h1-4,6-8,10,12-13,16,28H,5,9,11,14-15,17-20,34H2,(H,35,36)(H,37,38)/t28-,33?/m0/s1. The van der Waals surface area contributed by atoms with E-state index in [1.165, 1.54) is 0 Å². The number of rotatable bonds is 7. The summed E-state index contributed by atoms with van der Waals surface area (Å²) in [6, 6.07) is 21.7. The number of hydrogen-bond donors (Lipinski definition) is 3. The van der Waals surface area contributed by atoms with Gasteiger partial charge in [0.25, 0.3) is 0 Å². The number of hydrogen-bond acceptors (Lipinski definition) is 5. The number of carboxylic acids is 1. The fraction of sp³-hybridized carbons (Fsp3) is 0.364. The molecule has 0 aliphatic heterocycles. The molecule has 1 unspecified atom stereocenters. The Morgan fingerprint density at radius 2 is 1.52 bits per heavy atom. The average Bonchev–Trinajstić information content (AvgIpc) is 3.50. The molecule has 7 nitrogen and oxygen atoms in total. The van der Waals surface area contributed by atoms with Gasteiger partial charge in [-0.2, -0.15) is 0 Å². The number of nitrogens with one attached hydrogen (secondary N) is 1. The van der Waals surface area contributed by atoms with Gasteiger partial charge >= 0.3 is 11.9 Å². The Labute approximate surface area is 233 Å². The number of aryl methyl sites for hydroxylation is 1. The van der Waals surface area contributed by atoms with E-state index >= 15 is 0 Å². The topological polar surface area (TPSA) is 119 Å². The van der Waals surface area contributed by atoms with Crippen molar-refractivity contribution in [2.75, 3.05) is 6.61 Å². The Kier molecular flexibility index (Phi) is 6.70. The van der Waals surface area contributed by atoms with Crippen molar-refractivity contribution in [3.05, 3.63) is 106 Å². The van der Waals surface area contributed by atoms with E-state index in [2.05, 4.69) is 5.32 Å². The molecule has 0 fully saturated rings. The summed E-state index contributed by atoms with van der Waals surface area (Å²) < 4.78 is 5.60. The van der Waals surface area contributed by atoms with Crippen LogP contribution in [0.5, 0.6) is 0 Å². The maximum atomic E-state index is 13.4. The van der Waals surface area contributed by atoms with Crippen LogP contribution in [0.3, 0.4) is 0 Å². The van der Waals surface area contributed by atoms with E-state index in [-0.39, 0.29) is 31.3 Å². The van der Waals surface area contributed by atoms with Gasteiger partial charge in [0.15, 0.2) is 0 Å². The minimum Gasteiger partial charge on any atom is -0.479 e. The Morgan fingerprint density at radius 3 is 2.25 bits per heavy atom. The summed E-state index contributed by atoms with van der Waals surface area (Å²) in [6.45, 7) is 0.189. The van der Waals surface area contributed by atoms with Crippen LogP contribution in [0.4, 0.5) is 0 Å². The van der Waals surface area contributed by atoms with Crippen molar-refractivity contribution in [2.24, 2.45) is 5.73 Å². The van der Waals surface area contributed by atoms with Gasteiger partial charge in [-0.15, -0.1) is 0 Å². The van der Waals surface area contributed by atoms with Gasteiger partial charge in [0, 0.05) is 32.1 Å². The first kappa shape index (κ1) is 26.3. The van der Waals surface area contributed by atoms with Gasteiger partial charge in [-0.05, 0) is 58.2 Å². The van der Waals surface area contributed by atoms with Crippen LogP contribution in [0.15, 0.2) is 66.7 Å². The zero-order chi connectivity index (χ0) is 27.9. The predicted molar refractivity (Wildman–Crippen MR) is 150 cm³/mol. The van der Waals surface area contributed by atoms with Crippen molar-refractivity contribution >= 4 is 17.8 Å². The van der Waals surface area contributed by atoms with E-state index in [0.29, 0.717) is 25.7 Å². The lowest BCUT2D eigenvalue weighted by atomic mass is 9.81. The van der Waals surface area contributed by atoms with Crippen molar-refractivity contribution in [1.82, 2.24) is 5.32 Å². The molecule has 0 spiro atoms. The summed E-state index contributed by atoms with van der Waals surface area (Å²) >= 11 is 0. The van der Waals surface area contributed by atoms with Gasteiger partial charge in [0.2, 0.25) is 5.91 Å². The number of amides is 1. The van der Waals surface area contributed by atoms with Crippen molar-refractivity contribution in [1.29, 1.82) is 0 Å². The number of nitrogens with two attached hydrogens (primary N) is 1. The molecule has 206 valence electrons. The molecule has 0 saturated carbocycles. The summed E-state index contributed by atoms with van der Waals surface area (Å²) in [5, 5.41) is 13.2. The maximum Gasteiger partial charge on any atom is 0.330 e. The van der Waals surface area contributed by atoms with Crippen molar-refractivity contribution in [3.8, 4) is 0 Å². The highest BCUT2D eigenvalue weighted by atomic mass is 16.5. The lowest BCUT2D eigenvalue weighted by Gasteiger charge is -2.30. The van der Waals surface area contributed by atoms with Gasteiger partial charge in [-0.1, -0.05) is 66.7 Å². The molecule has 40 heavy (non-hydrogen) atoms. The lowest BCUT2D eigenvalue weighted by Crippen LogP contribution is -2.56. The Hall–Kier alpha value is -3.97. The first-order chi connectivity index (χ1) is 19.3. The van der Waals surface area contributed by atoms with Crippen LogP contribution < -0.4 is 11.1 Å². The normalized spacial score (nSPS) is 22.1. The van der Waals surface area contributed by atoms with E-state index in [0.717, 1.165) is 51.8 Å². The molecule has 7 heteroatoms.